The first kappa shape index (κ1) is 19.4. The molecule has 1 aliphatic carbocycles. The molecule has 7 nitrogen and oxygen atoms in total. The Kier molecular flexibility index (Phi) is 5.27. The van der Waals surface area contributed by atoms with Gasteiger partial charge < -0.3 is 10.4 Å². The van der Waals surface area contributed by atoms with Crippen LogP contribution in [0.25, 0.3) is 11.0 Å². The minimum absolute atomic E-state index is 0.0567. The van der Waals surface area contributed by atoms with Gasteiger partial charge in [0, 0.05) is 23.8 Å². The predicted molar refractivity (Wildman–Crippen MR) is 112 cm³/mol. The van der Waals surface area contributed by atoms with Gasteiger partial charge in [-0.25, -0.2) is 22.2 Å². The van der Waals surface area contributed by atoms with E-state index in [0.717, 1.165) is 29.7 Å². The molecule has 0 bridgehead atoms. The number of anilines is 1. The first-order valence-electron chi connectivity index (χ1n) is 9.73. The molecule has 1 fully saturated rings. The highest BCUT2D eigenvalue weighted by atomic mass is 32.2. The molecule has 8 heteroatoms. The largest absolute Gasteiger partial charge is 0.478 e. The summed E-state index contributed by atoms with van der Waals surface area (Å²) >= 11 is 0. The summed E-state index contributed by atoms with van der Waals surface area (Å²) in [6.45, 7) is 0. The Morgan fingerprint density at radius 1 is 1.14 bits per heavy atom. The number of carboxylic acid groups (broad SMARTS) is 1. The number of carboxylic acids is 1. The molecule has 1 aliphatic rings. The second-order valence-corrected chi connectivity index (χ2v) is 9.27. The van der Waals surface area contributed by atoms with Crippen LogP contribution in [0.4, 0.5) is 5.69 Å². The number of rotatable bonds is 6. The smallest absolute Gasteiger partial charge is 0.339 e. The van der Waals surface area contributed by atoms with Crippen LogP contribution in [0, 0.1) is 0 Å². The summed E-state index contributed by atoms with van der Waals surface area (Å²) in [7, 11) is -3.70. The maximum atomic E-state index is 13.0. The lowest BCUT2D eigenvalue weighted by molar-refractivity contribution is 0.0697. The Bertz CT molecular complexity index is 1130. The second kappa shape index (κ2) is 7.87. The van der Waals surface area contributed by atoms with E-state index >= 15 is 0 Å². The minimum Gasteiger partial charge on any atom is -0.478 e. The van der Waals surface area contributed by atoms with Crippen molar-refractivity contribution >= 4 is 32.7 Å². The molecule has 4 rings (SSSR count). The van der Waals surface area contributed by atoms with E-state index in [1.54, 1.807) is 30.3 Å². The van der Waals surface area contributed by atoms with Gasteiger partial charge in [0.2, 0.25) is 10.0 Å². The number of hydrogen-bond acceptors (Lipinski definition) is 5. The Hall–Kier alpha value is -2.87. The zero-order valence-electron chi connectivity index (χ0n) is 15.9. The summed E-state index contributed by atoms with van der Waals surface area (Å²) in [6, 6.07) is 10.7. The van der Waals surface area contributed by atoms with Crippen molar-refractivity contribution in [2.45, 2.75) is 43.9 Å². The third-order valence-electron chi connectivity index (χ3n) is 5.36. The minimum atomic E-state index is -3.70. The van der Waals surface area contributed by atoms with Crippen molar-refractivity contribution in [1.29, 1.82) is 0 Å². The topological polar surface area (TPSA) is 101 Å². The molecule has 2 aromatic heterocycles. The number of aromatic carboxylic acids is 1. The molecule has 1 saturated carbocycles. The second-order valence-electron chi connectivity index (χ2n) is 7.42. The van der Waals surface area contributed by atoms with Crippen molar-refractivity contribution in [3.8, 4) is 0 Å². The summed E-state index contributed by atoms with van der Waals surface area (Å²) < 4.78 is 27.1. The van der Waals surface area contributed by atoms with Gasteiger partial charge in [0.15, 0.2) is 5.65 Å². The summed E-state index contributed by atoms with van der Waals surface area (Å²) in [4.78, 5) is 15.9. The molecular formula is C21H23N3O4S. The highest BCUT2D eigenvalue weighted by Gasteiger charge is 2.24. The maximum absolute atomic E-state index is 13.0. The average molecular weight is 413 g/mol. The fraction of sp³-hybridized carbons (Fsp3) is 0.333. The van der Waals surface area contributed by atoms with Crippen LogP contribution in [-0.2, 0) is 15.8 Å². The molecule has 0 aliphatic heterocycles. The van der Waals surface area contributed by atoms with Crippen LogP contribution in [0.5, 0.6) is 0 Å². The van der Waals surface area contributed by atoms with Gasteiger partial charge in [0.25, 0.3) is 0 Å². The molecule has 0 unspecified atom stereocenters. The van der Waals surface area contributed by atoms with Crippen molar-refractivity contribution in [3.63, 3.8) is 0 Å². The molecule has 1 aromatic carbocycles. The fourth-order valence-corrected chi connectivity index (χ4v) is 5.32. The Morgan fingerprint density at radius 3 is 2.55 bits per heavy atom. The molecular weight excluding hydrogens is 390 g/mol. The number of benzene rings is 1. The van der Waals surface area contributed by atoms with Crippen molar-refractivity contribution in [2.24, 2.45) is 0 Å². The number of nitrogens with one attached hydrogen (secondary N) is 1. The van der Waals surface area contributed by atoms with Crippen LogP contribution in [0.15, 0.2) is 48.8 Å². The van der Waals surface area contributed by atoms with E-state index < -0.39 is 16.0 Å². The molecule has 2 heterocycles. The van der Waals surface area contributed by atoms with E-state index in [-0.39, 0.29) is 23.0 Å². The fourth-order valence-electron chi connectivity index (χ4n) is 3.91. The van der Waals surface area contributed by atoms with Crippen LogP contribution < -0.4 is 5.32 Å². The molecule has 0 amide bonds. The van der Waals surface area contributed by atoms with Gasteiger partial charge in [0.05, 0.1) is 11.4 Å². The van der Waals surface area contributed by atoms with Gasteiger partial charge in [0.1, 0.15) is 5.56 Å². The van der Waals surface area contributed by atoms with E-state index in [1.165, 1.54) is 18.8 Å². The van der Waals surface area contributed by atoms with Crippen LogP contribution >= 0.6 is 0 Å². The monoisotopic (exact) mass is 413 g/mol. The lowest BCUT2D eigenvalue weighted by Crippen LogP contribution is -2.24. The molecule has 3 aromatic rings. The molecule has 0 spiro atoms. The third-order valence-corrected chi connectivity index (χ3v) is 6.95. The summed E-state index contributed by atoms with van der Waals surface area (Å²) in [5.41, 5.74) is 1.42. The van der Waals surface area contributed by atoms with Gasteiger partial charge in [-0.05, 0) is 24.5 Å². The van der Waals surface area contributed by atoms with Crippen LogP contribution in [-0.4, -0.2) is 34.5 Å². The van der Waals surface area contributed by atoms with Gasteiger partial charge in [-0.1, -0.05) is 49.6 Å². The van der Waals surface area contributed by atoms with E-state index in [0.29, 0.717) is 16.6 Å². The summed E-state index contributed by atoms with van der Waals surface area (Å²) in [6.07, 6.45) is 8.01. The standard InChI is InChI=1S/C21H23N3O4S/c25-21(26)18-13-22-20-17(19(18)23-16-9-5-2-6-10-16)11-12-24(20)29(27,28)14-15-7-3-1-4-8-15/h1,3-4,7-8,11-13,16H,2,5-6,9-10,14H2,(H,22,23)(H,25,26). The van der Waals surface area contributed by atoms with Gasteiger partial charge in [-0.3, -0.25) is 0 Å². The van der Waals surface area contributed by atoms with Gasteiger partial charge in [-0.2, -0.15) is 0 Å². The van der Waals surface area contributed by atoms with E-state index in [1.807, 2.05) is 6.07 Å². The first-order chi connectivity index (χ1) is 14.0. The number of aromatic nitrogens is 2. The van der Waals surface area contributed by atoms with Crippen LogP contribution in [0.2, 0.25) is 0 Å². The van der Waals surface area contributed by atoms with Crippen molar-refractivity contribution in [1.82, 2.24) is 8.96 Å². The lowest BCUT2D eigenvalue weighted by atomic mass is 9.95. The van der Waals surface area contributed by atoms with Gasteiger partial charge >= 0.3 is 5.97 Å². The Labute approximate surface area is 169 Å². The van der Waals surface area contributed by atoms with Crippen LogP contribution in [0.3, 0.4) is 0 Å². The number of carbonyl (C=O) groups is 1. The van der Waals surface area contributed by atoms with Crippen molar-refractivity contribution < 1.29 is 18.3 Å². The number of pyridine rings is 1. The first-order valence-corrected chi connectivity index (χ1v) is 11.3. The number of nitrogens with zero attached hydrogens (tertiary/aromatic N) is 2. The van der Waals surface area contributed by atoms with Crippen LogP contribution in [0.1, 0.15) is 48.0 Å². The number of hydrogen-bond donors (Lipinski definition) is 2. The average Bonchev–Trinajstić information content (AvgIpc) is 3.15. The highest BCUT2D eigenvalue weighted by Crippen LogP contribution is 2.31. The Balaban J connectivity index is 1.76. The van der Waals surface area contributed by atoms with Crippen molar-refractivity contribution in [2.75, 3.05) is 5.32 Å². The summed E-state index contributed by atoms with van der Waals surface area (Å²) in [5, 5.41) is 13.5. The quantitative estimate of drug-likeness (QED) is 0.636. The highest BCUT2D eigenvalue weighted by molar-refractivity contribution is 7.89. The molecule has 0 saturated heterocycles. The normalized spacial score (nSPS) is 15.4. The number of fused-ring (bicyclic) bond motifs is 1. The zero-order valence-corrected chi connectivity index (χ0v) is 16.7. The van der Waals surface area contributed by atoms with E-state index in [2.05, 4.69) is 10.3 Å². The Morgan fingerprint density at radius 2 is 1.86 bits per heavy atom. The van der Waals surface area contributed by atoms with Crippen molar-refractivity contribution in [3.05, 3.63) is 59.9 Å². The molecule has 0 atom stereocenters. The maximum Gasteiger partial charge on any atom is 0.339 e. The van der Waals surface area contributed by atoms with E-state index in [9.17, 15) is 18.3 Å². The molecule has 152 valence electrons. The molecule has 0 radical (unpaired) electrons. The van der Waals surface area contributed by atoms with Gasteiger partial charge in [-0.15, -0.1) is 0 Å². The van der Waals surface area contributed by atoms with E-state index in [4.69, 9.17) is 0 Å². The zero-order chi connectivity index (χ0) is 20.4. The third kappa shape index (κ3) is 3.98. The SMILES string of the molecule is O=C(O)c1cnc2c(ccn2S(=O)(=O)Cc2ccccc2)c1NC1CCCCC1. The molecule has 29 heavy (non-hydrogen) atoms. The molecule has 2 N–H and O–H groups in total. The summed E-state index contributed by atoms with van der Waals surface area (Å²) in [5.74, 6) is -1.25. The lowest BCUT2D eigenvalue weighted by Gasteiger charge is -2.25. The predicted octanol–water partition coefficient (Wildman–Crippen LogP) is 3.86.